The summed E-state index contributed by atoms with van der Waals surface area (Å²) in [6, 6.07) is 0.552. The van der Waals surface area contributed by atoms with E-state index in [0.717, 1.165) is 18.9 Å². The molecule has 1 fully saturated rings. The van der Waals surface area contributed by atoms with Gasteiger partial charge in [-0.2, -0.15) is 0 Å². The number of rotatable bonds is 2. The number of hydrogen-bond acceptors (Lipinski definition) is 2. The first kappa shape index (κ1) is 15.3. The van der Waals surface area contributed by atoms with Crippen LogP contribution in [0.1, 0.15) is 45.4 Å². The molecule has 5 rings (SSSR count). The molecule has 0 aromatic carbocycles. The van der Waals surface area contributed by atoms with Gasteiger partial charge < -0.3 is 10.2 Å². The van der Waals surface area contributed by atoms with Gasteiger partial charge in [-0.25, -0.2) is 0 Å². The van der Waals surface area contributed by atoms with Crippen LogP contribution in [0.3, 0.4) is 0 Å². The smallest absolute Gasteiger partial charge is 0.0588 e. The van der Waals surface area contributed by atoms with Crippen LogP contribution < -0.4 is 5.32 Å². The Morgan fingerprint density at radius 2 is 2.20 bits per heavy atom. The molecule has 1 saturated heterocycles. The van der Waals surface area contributed by atoms with E-state index in [0.29, 0.717) is 12.0 Å². The molecule has 3 heterocycles. The molecule has 3 unspecified atom stereocenters. The molecule has 2 nitrogen and oxygen atoms in total. The van der Waals surface area contributed by atoms with Gasteiger partial charge in [0, 0.05) is 35.6 Å². The van der Waals surface area contributed by atoms with Gasteiger partial charge in [0.2, 0.25) is 0 Å². The number of dihydropyridines is 1. The largest absolute Gasteiger partial charge is 0.387 e. The zero-order valence-electron chi connectivity index (χ0n) is 15.2. The van der Waals surface area contributed by atoms with Crippen LogP contribution in [0.4, 0.5) is 0 Å². The van der Waals surface area contributed by atoms with Gasteiger partial charge in [0.1, 0.15) is 0 Å². The summed E-state index contributed by atoms with van der Waals surface area (Å²) in [6.45, 7) is 3.11. The Morgan fingerprint density at radius 1 is 1.24 bits per heavy atom. The average Bonchev–Trinajstić information content (AvgIpc) is 2.88. The van der Waals surface area contributed by atoms with Gasteiger partial charge in [-0.1, -0.05) is 30.4 Å². The lowest BCUT2D eigenvalue weighted by molar-refractivity contribution is 0.320. The average molecular weight is 332 g/mol. The number of hydrogen-bond donors (Lipinski definition) is 1. The molecule has 2 heteroatoms. The monoisotopic (exact) mass is 332 g/mol. The molecule has 0 aromatic rings. The quantitative estimate of drug-likeness (QED) is 0.718. The Morgan fingerprint density at radius 3 is 3.12 bits per heavy atom. The van der Waals surface area contributed by atoms with Crippen molar-refractivity contribution in [2.75, 3.05) is 6.54 Å². The second-order valence-corrected chi connectivity index (χ2v) is 7.91. The number of nitrogens with zero attached hydrogens (tertiary/aromatic N) is 1. The maximum Gasteiger partial charge on any atom is 0.0588 e. The molecule has 0 bridgehead atoms. The Hall–Kier alpha value is -1.96. The Labute approximate surface area is 151 Å². The molecule has 0 saturated carbocycles. The van der Waals surface area contributed by atoms with E-state index < -0.39 is 0 Å². The van der Waals surface area contributed by atoms with Crippen molar-refractivity contribution >= 4 is 0 Å². The van der Waals surface area contributed by atoms with Crippen LogP contribution in [0.5, 0.6) is 0 Å². The maximum atomic E-state index is 3.47. The highest BCUT2D eigenvalue weighted by atomic mass is 15.2. The minimum atomic E-state index is 0.552. The lowest BCUT2D eigenvalue weighted by atomic mass is 9.76. The van der Waals surface area contributed by atoms with Crippen LogP contribution >= 0.6 is 0 Å². The fraction of sp³-hybridized carbons (Fsp3) is 0.478. The Kier molecular flexibility index (Phi) is 3.73. The highest BCUT2D eigenvalue weighted by Crippen LogP contribution is 2.54. The van der Waals surface area contributed by atoms with Gasteiger partial charge in [-0.05, 0) is 68.6 Å². The minimum Gasteiger partial charge on any atom is -0.387 e. The number of nitrogens with one attached hydrogen (secondary N) is 1. The second kappa shape index (κ2) is 6.09. The summed E-state index contributed by atoms with van der Waals surface area (Å²) in [5.74, 6) is 1.34. The zero-order chi connectivity index (χ0) is 16.8. The molecule has 25 heavy (non-hydrogen) atoms. The van der Waals surface area contributed by atoms with Crippen molar-refractivity contribution in [2.45, 2.75) is 51.5 Å². The summed E-state index contributed by atoms with van der Waals surface area (Å²) >= 11 is 0. The topological polar surface area (TPSA) is 15.3 Å². The van der Waals surface area contributed by atoms with E-state index in [1.807, 2.05) is 0 Å². The number of allylic oxidation sites excluding steroid dienone is 7. The summed E-state index contributed by atoms with van der Waals surface area (Å²) in [7, 11) is 0. The molecule has 3 aliphatic heterocycles. The van der Waals surface area contributed by atoms with Gasteiger partial charge in [0.05, 0.1) is 6.04 Å². The van der Waals surface area contributed by atoms with E-state index in [1.165, 1.54) is 37.8 Å². The van der Waals surface area contributed by atoms with Crippen LogP contribution in [0.15, 0.2) is 70.8 Å². The van der Waals surface area contributed by atoms with Crippen molar-refractivity contribution in [1.29, 1.82) is 0 Å². The van der Waals surface area contributed by atoms with Crippen molar-refractivity contribution in [3.8, 4) is 0 Å². The summed E-state index contributed by atoms with van der Waals surface area (Å²) in [5.41, 5.74) is 8.01. The van der Waals surface area contributed by atoms with Gasteiger partial charge in [0.15, 0.2) is 0 Å². The summed E-state index contributed by atoms with van der Waals surface area (Å²) < 4.78 is 0. The molecule has 0 amide bonds. The summed E-state index contributed by atoms with van der Waals surface area (Å²) in [5, 5.41) is 3.47. The van der Waals surface area contributed by atoms with E-state index in [9.17, 15) is 0 Å². The standard InChI is InChI=1S/C23H28N2/c1-2-3-6-16-9-12-19-20-15-24-14-13-22(20)25-21-8-5-4-7-17(21)10-11-18(16)23(19)25/h2-4,7,10,13,15-16,19,21,24H,5-6,8-9,11-12,14H2,1H3/b3-2+. The fourth-order valence-corrected chi connectivity index (χ4v) is 5.53. The molecule has 3 atom stereocenters. The molecular formula is C23H28N2. The predicted molar refractivity (Wildman–Crippen MR) is 104 cm³/mol. The third-order valence-corrected chi connectivity index (χ3v) is 6.64. The summed E-state index contributed by atoms with van der Waals surface area (Å²) in [6.07, 6.45) is 24.1. The normalized spacial score (nSPS) is 33.1. The first-order chi connectivity index (χ1) is 12.4. The van der Waals surface area contributed by atoms with Gasteiger partial charge in [-0.3, -0.25) is 0 Å². The van der Waals surface area contributed by atoms with Gasteiger partial charge in [-0.15, -0.1) is 0 Å². The SMILES string of the molecule is C/C=C/CC1CCC2C3=CNCC=C3N3C2=C1CC=C1C=CCCC13. The van der Waals surface area contributed by atoms with Crippen molar-refractivity contribution in [1.82, 2.24) is 10.2 Å². The van der Waals surface area contributed by atoms with Crippen LogP contribution in [0.2, 0.25) is 0 Å². The maximum absolute atomic E-state index is 3.47. The first-order valence-electron chi connectivity index (χ1n) is 10.0. The van der Waals surface area contributed by atoms with E-state index in [1.54, 1.807) is 22.4 Å². The fourth-order valence-electron chi connectivity index (χ4n) is 5.53. The molecule has 0 aromatic heterocycles. The highest BCUT2D eigenvalue weighted by Gasteiger charge is 2.46. The lowest BCUT2D eigenvalue weighted by Gasteiger charge is -2.37. The minimum absolute atomic E-state index is 0.552. The molecular weight excluding hydrogens is 304 g/mol. The van der Waals surface area contributed by atoms with E-state index in [4.69, 9.17) is 0 Å². The van der Waals surface area contributed by atoms with Crippen molar-refractivity contribution in [3.63, 3.8) is 0 Å². The molecule has 5 aliphatic rings. The zero-order valence-corrected chi connectivity index (χ0v) is 15.2. The van der Waals surface area contributed by atoms with Crippen LogP contribution in [-0.4, -0.2) is 17.5 Å². The third-order valence-electron chi connectivity index (χ3n) is 6.64. The molecule has 2 aliphatic carbocycles. The van der Waals surface area contributed by atoms with Crippen molar-refractivity contribution in [2.24, 2.45) is 11.8 Å². The van der Waals surface area contributed by atoms with Gasteiger partial charge >= 0.3 is 0 Å². The van der Waals surface area contributed by atoms with Crippen molar-refractivity contribution < 1.29 is 0 Å². The van der Waals surface area contributed by atoms with E-state index >= 15 is 0 Å². The Balaban J connectivity index is 1.67. The second-order valence-electron chi connectivity index (χ2n) is 7.91. The highest BCUT2D eigenvalue weighted by molar-refractivity contribution is 5.54. The molecule has 0 radical (unpaired) electrons. The number of fused-ring (bicyclic) bond motifs is 5. The Bertz CT molecular complexity index is 759. The van der Waals surface area contributed by atoms with Crippen LogP contribution in [0, 0.1) is 11.8 Å². The molecule has 0 spiro atoms. The summed E-state index contributed by atoms with van der Waals surface area (Å²) in [4.78, 5) is 2.76. The molecule has 1 N–H and O–H groups in total. The van der Waals surface area contributed by atoms with Crippen molar-refractivity contribution in [3.05, 3.63) is 70.8 Å². The van der Waals surface area contributed by atoms with Gasteiger partial charge in [0.25, 0.3) is 0 Å². The predicted octanol–water partition coefficient (Wildman–Crippen LogP) is 4.97. The first-order valence-corrected chi connectivity index (χ1v) is 10.0. The molecule has 130 valence electrons. The van der Waals surface area contributed by atoms with Crippen LogP contribution in [0.25, 0.3) is 0 Å². The lowest BCUT2D eigenvalue weighted by Crippen LogP contribution is -2.35. The third kappa shape index (κ3) is 2.30. The van der Waals surface area contributed by atoms with E-state index in [2.05, 4.69) is 59.8 Å². The van der Waals surface area contributed by atoms with E-state index in [-0.39, 0.29) is 0 Å². The van der Waals surface area contributed by atoms with Crippen LogP contribution in [-0.2, 0) is 0 Å².